The summed E-state index contributed by atoms with van der Waals surface area (Å²) in [5.74, 6) is 0. The molecule has 1 heterocycles. The van der Waals surface area contributed by atoms with E-state index in [1.165, 1.54) is 0 Å². The highest BCUT2D eigenvalue weighted by molar-refractivity contribution is 5.73. The van der Waals surface area contributed by atoms with Gasteiger partial charge in [0.05, 0.1) is 6.61 Å². The molecule has 0 fully saturated rings. The zero-order valence-corrected chi connectivity index (χ0v) is 12.2. The summed E-state index contributed by atoms with van der Waals surface area (Å²) >= 11 is 0. The van der Waals surface area contributed by atoms with Gasteiger partial charge in [0.15, 0.2) is 0 Å². The molecule has 0 bridgehead atoms. The Labute approximate surface area is 130 Å². The summed E-state index contributed by atoms with van der Waals surface area (Å²) in [6, 6.07) is 20.2. The van der Waals surface area contributed by atoms with E-state index in [-0.39, 0.29) is 6.61 Å². The summed E-state index contributed by atoms with van der Waals surface area (Å²) in [5.41, 5.74) is 5.40. The van der Waals surface area contributed by atoms with Gasteiger partial charge in [0.1, 0.15) is 0 Å². The van der Waals surface area contributed by atoms with Crippen LogP contribution in [0.25, 0.3) is 23.3 Å². The summed E-state index contributed by atoms with van der Waals surface area (Å²) in [4.78, 5) is 4.16. The molecule has 0 atom stereocenters. The first kappa shape index (κ1) is 14.2. The van der Waals surface area contributed by atoms with Crippen LogP contribution in [0.1, 0.15) is 16.7 Å². The number of aromatic nitrogens is 1. The molecule has 0 unspecified atom stereocenters. The average Bonchev–Trinajstić information content (AvgIpc) is 2.61. The number of aliphatic hydroxyl groups is 1. The monoisotopic (exact) mass is 287 g/mol. The molecule has 2 nitrogen and oxygen atoms in total. The van der Waals surface area contributed by atoms with Gasteiger partial charge in [0.2, 0.25) is 0 Å². The predicted octanol–water partition coefficient (Wildman–Crippen LogP) is 4.41. The maximum Gasteiger partial charge on any atom is 0.0682 e. The Hall–Kier alpha value is -2.71. The van der Waals surface area contributed by atoms with Gasteiger partial charge in [0.25, 0.3) is 0 Å². The highest BCUT2D eigenvalue weighted by Crippen LogP contribution is 2.20. The number of aliphatic hydroxyl groups excluding tert-OH is 1. The van der Waals surface area contributed by atoms with Gasteiger partial charge in [-0.3, -0.25) is 4.98 Å². The number of benzene rings is 2. The van der Waals surface area contributed by atoms with Gasteiger partial charge >= 0.3 is 0 Å². The molecule has 0 radical (unpaired) electrons. The maximum absolute atomic E-state index is 9.18. The van der Waals surface area contributed by atoms with Crippen molar-refractivity contribution in [2.75, 3.05) is 0 Å². The lowest BCUT2D eigenvalue weighted by atomic mass is 10.0. The van der Waals surface area contributed by atoms with Crippen LogP contribution in [0.5, 0.6) is 0 Å². The minimum Gasteiger partial charge on any atom is -0.392 e. The van der Waals surface area contributed by atoms with Crippen LogP contribution in [-0.4, -0.2) is 10.1 Å². The van der Waals surface area contributed by atoms with Crippen molar-refractivity contribution in [3.05, 3.63) is 89.7 Å². The maximum atomic E-state index is 9.18. The number of pyridine rings is 1. The zero-order chi connectivity index (χ0) is 15.2. The van der Waals surface area contributed by atoms with E-state index in [0.717, 1.165) is 27.8 Å². The number of rotatable bonds is 4. The third kappa shape index (κ3) is 3.48. The summed E-state index contributed by atoms with van der Waals surface area (Å²) in [5, 5.41) is 9.18. The van der Waals surface area contributed by atoms with Crippen molar-refractivity contribution in [3.63, 3.8) is 0 Å². The zero-order valence-electron chi connectivity index (χ0n) is 12.2. The summed E-state index contributed by atoms with van der Waals surface area (Å²) in [6.07, 6.45) is 7.78. The Morgan fingerprint density at radius 3 is 2.27 bits per heavy atom. The van der Waals surface area contributed by atoms with E-state index in [9.17, 15) is 5.11 Å². The molecule has 1 aromatic heterocycles. The fourth-order valence-electron chi connectivity index (χ4n) is 2.34. The molecule has 0 aliphatic carbocycles. The van der Waals surface area contributed by atoms with E-state index < -0.39 is 0 Å². The highest BCUT2D eigenvalue weighted by Gasteiger charge is 1.97. The predicted molar refractivity (Wildman–Crippen MR) is 91.0 cm³/mol. The number of nitrogens with zero attached hydrogens (tertiary/aromatic N) is 1. The first-order valence-corrected chi connectivity index (χ1v) is 7.23. The lowest BCUT2D eigenvalue weighted by molar-refractivity contribution is 0.282. The molecule has 0 amide bonds. The second kappa shape index (κ2) is 6.83. The topological polar surface area (TPSA) is 33.1 Å². The van der Waals surface area contributed by atoms with Crippen LogP contribution in [0.4, 0.5) is 0 Å². The summed E-state index contributed by atoms with van der Waals surface area (Å²) in [6.45, 7) is 0.0676. The van der Waals surface area contributed by atoms with Gasteiger partial charge in [-0.05, 0) is 40.5 Å². The molecule has 2 heteroatoms. The normalized spacial score (nSPS) is 11.0. The third-order valence-corrected chi connectivity index (χ3v) is 3.48. The van der Waals surface area contributed by atoms with E-state index in [4.69, 9.17) is 0 Å². The van der Waals surface area contributed by atoms with Crippen LogP contribution >= 0.6 is 0 Å². The van der Waals surface area contributed by atoms with Crippen molar-refractivity contribution in [1.29, 1.82) is 0 Å². The number of hydrogen-bond donors (Lipinski definition) is 1. The average molecular weight is 287 g/mol. The first-order valence-electron chi connectivity index (χ1n) is 7.23. The molecule has 1 N–H and O–H groups in total. The van der Waals surface area contributed by atoms with Crippen molar-refractivity contribution >= 4 is 12.2 Å². The molecule has 0 aliphatic heterocycles. The Bertz CT molecular complexity index is 778. The van der Waals surface area contributed by atoms with E-state index in [0.29, 0.717) is 0 Å². The van der Waals surface area contributed by atoms with Crippen LogP contribution in [0.2, 0.25) is 0 Å². The molecule has 22 heavy (non-hydrogen) atoms. The fourth-order valence-corrected chi connectivity index (χ4v) is 2.34. The quantitative estimate of drug-likeness (QED) is 0.721. The molecular formula is C20H17NO. The molecule has 0 spiro atoms. The molecular weight excluding hydrogens is 270 g/mol. The van der Waals surface area contributed by atoms with Gasteiger partial charge in [-0.1, -0.05) is 54.6 Å². The van der Waals surface area contributed by atoms with Crippen LogP contribution in [0, 0.1) is 0 Å². The van der Waals surface area contributed by atoms with E-state index >= 15 is 0 Å². The Balaban J connectivity index is 1.85. The second-order valence-corrected chi connectivity index (χ2v) is 5.10. The van der Waals surface area contributed by atoms with Crippen LogP contribution in [0.3, 0.4) is 0 Å². The second-order valence-electron chi connectivity index (χ2n) is 5.10. The van der Waals surface area contributed by atoms with Crippen LogP contribution < -0.4 is 0 Å². The molecule has 3 aromatic rings. The molecule has 0 aliphatic rings. The Morgan fingerprint density at radius 1 is 0.818 bits per heavy atom. The van der Waals surface area contributed by atoms with E-state index in [2.05, 4.69) is 41.4 Å². The van der Waals surface area contributed by atoms with Gasteiger partial charge in [0, 0.05) is 18.0 Å². The van der Waals surface area contributed by atoms with E-state index in [1.807, 2.05) is 42.6 Å². The highest BCUT2D eigenvalue weighted by atomic mass is 16.3. The van der Waals surface area contributed by atoms with Gasteiger partial charge in [-0.15, -0.1) is 0 Å². The van der Waals surface area contributed by atoms with Gasteiger partial charge in [-0.2, -0.15) is 0 Å². The van der Waals surface area contributed by atoms with Gasteiger partial charge in [-0.25, -0.2) is 0 Å². The minimum absolute atomic E-state index is 0.0676. The fraction of sp³-hybridized carbons (Fsp3) is 0.0500. The Kier molecular flexibility index (Phi) is 4.42. The molecule has 2 aromatic carbocycles. The van der Waals surface area contributed by atoms with Crippen molar-refractivity contribution in [2.24, 2.45) is 0 Å². The molecule has 0 saturated heterocycles. The standard InChI is InChI=1S/C20H17NO/c22-15-18-6-1-4-16(12-18)9-10-17-5-2-7-19(13-17)20-8-3-11-21-14-20/h1-14,22H,15H2. The Morgan fingerprint density at radius 2 is 1.55 bits per heavy atom. The smallest absolute Gasteiger partial charge is 0.0682 e. The number of hydrogen-bond acceptors (Lipinski definition) is 2. The van der Waals surface area contributed by atoms with Crippen LogP contribution in [-0.2, 0) is 6.61 Å². The van der Waals surface area contributed by atoms with Crippen molar-refractivity contribution in [1.82, 2.24) is 4.98 Å². The SMILES string of the molecule is OCc1cccc(C=Cc2cccc(-c3cccnc3)c2)c1. The minimum atomic E-state index is 0.0676. The lowest BCUT2D eigenvalue weighted by Crippen LogP contribution is -1.83. The molecule has 0 saturated carbocycles. The van der Waals surface area contributed by atoms with Gasteiger partial charge < -0.3 is 5.11 Å². The third-order valence-electron chi connectivity index (χ3n) is 3.48. The van der Waals surface area contributed by atoms with E-state index in [1.54, 1.807) is 6.20 Å². The summed E-state index contributed by atoms with van der Waals surface area (Å²) in [7, 11) is 0. The van der Waals surface area contributed by atoms with Crippen molar-refractivity contribution in [3.8, 4) is 11.1 Å². The van der Waals surface area contributed by atoms with Crippen molar-refractivity contribution < 1.29 is 5.11 Å². The molecule has 108 valence electrons. The molecule has 3 rings (SSSR count). The van der Waals surface area contributed by atoms with Crippen molar-refractivity contribution in [2.45, 2.75) is 6.61 Å². The van der Waals surface area contributed by atoms with Crippen LogP contribution in [0.15, 0.2) is 73.1 Å². The first-order chi connectivity index (χ1) is 10.8. The largest absolute Gasteiger partial charge is 0.392 e. The summed E-state index contributed by atoms with van der Waals surface area (Å²) < 4.78 is 0. The lowest BCUT2D eigenvalue weighted by Gasteiger charge is -2.02.